The molecular formula is C13H25N3O2S. The normalized spacial score (nSPS) is 19.2. The van der Waals surface area contributed by atoms with E-state index in [1.165, 1.54) is 0 Å². The molecule has 3 N–H and O–H groups in total. The first-order valence-electron chi connectivity index (χ1n) is 6.56. The molecule has 1 heterocycles. The molecule has 0 aliphatic carbocycles. The van der Waals surface area contributed by atoms with Crippen molar-refractivity contribution in [2.75, 3.05) is 33.9 Å². The van der Waals surface area contributed by atoms with Crippen LogP contribution in [0.4, 0.5) is 0 Å². The molecular weight excluding hydrogens is 262 g/mol. The molecule has 0 bridgehead atoms. The summed E-state index contributed by atoms with van der Waals surface area (Å²) < 4.78 is 5.31. The van der Waals surface area contributed by atoms with E-state index in [0.29, 0.717) is 32.6 Å². The van der Waals surface area contributed by atoms with Gasteiger partial charge in [-0.15, -0.1) is 0 Å². The highest BCUT2D eigenvalue weighted by Gasteiger charge is 2.43. The molecule has 0 aromatic carbocycles. The quantitative estimate of drug-likeness (QED) is 0.722. The van der Waals surface area contributed by atoms with Crippen molar-refractivity contribution in [3.8, 4) is 0 Å². The molecule has 5 nitrogen and oxygen atoms in total. The van der Waals surface area contributed by atoms with Crippen molar-refractivity contribution in [3.05, 3.63) is 0 Å². The Morgan fingerprint density at radius 3 is 2.37 bits per heavy atom. The second-order valence-corrected chi connectivity index (χ2v) is 6.39. The van der Waals surface area contributed by atoms with Crippen LogP contribution in [0, 0.1) is 5.41 Å². The van der Waals surface area contributed by atoms with Gasteiger partial charge in [0.25, 0.3) is 0 Å². The molecule has 0 aromatic rings. The molecule has 1 amide bonds. The summed E-state index contributed by atoms with van der Waals surface area (Å²) in [7, 11) is 3.98. The number of ether oxygens (including phenoxy) is 1. The van der Waals surface area contributed by atoms with E-state index in [4.69, 9.17) is 22.7 Å². The van der Waals surface area contributed by atoms with Gasteiger partial charge in [-0.25, -0.2) is 0 Å². The van der Waals surface area contributed by atoms with Gasteiger partial charge < -0.3 is 20.7 Å². The van der Waals surface area contributed by atoms with Crippen LogP contribution >= 0.6 is 12.2 Å². The number of likely N-dealkylation sites (N-methyl/N-ethyl adjacent to an activating group) is 1. The van der Waals surface area contributed by atoms with Crippen LogP contribution in [0.3, 0.4) is 0 Å². The minimum Gasteiger partial charge on any atom is -0.392 e. The highest BCUT2D eigenvalue weighted by molar-refractivity contribution is 7.80. The van der Waals surface area contributed by atoms with E-state index in [9.17, 15) is 4.79 Å². The maximum atomic E-state index is 12.5. The molecule has 110 valence electrons. The number of nitrogens with zero attached hydrogens (tertiary/aromatic N) is 1. The number of thiocarbonyl (C=S) groups is 1. The van der Waals surface area contributed by atoms with Crippen LogP contribution in [0.2, 0.25) is 0 Å². The van der Waals surface area contributed by atoms with Gasteiger partial charge in [0.1, 0.15) is 5.41 Å². The van der Waals surface area contributed by atoms with Gasteiger partial charge >= 0.3 is 0 Å². The predicted molar refractivity (Wildman–Crippen MR) is 80.0 cm³/mol. The Balaban J connectivity index is 2.72. The fraction of sp³-hybridized carbons (Fsp3) is 0.846. The number of carbonyl (C=O) groups is 1. The zero-order valence-electron chi connectivity index (χ0n) is 12.3. The van der Waals surface area contributed by atoms with Gasteiger partial charge in [0.05, 0.1) is 4.99 Å². The average Bonchev–Trinajstić information content (AvgIpc) is 2.36. The number of nitrogens with one attached hydrogen (secondary N) is 1. The Morgan fingerprint density at radius 1 is 1.42 bits per heavy atom. The first kappa shape index (κ1) is 16.3. The van der Waals surface area contributed by atoms with Crippen LogP contribution in [-0.2, 0) is 9.53 Å². The van der Waals surface area contributed by atoms with Crippen molar-refractivity contribution in [1.82, 2.24) is 10.2 Å². The number of amides is 1. The standard InChI is InChI=1S/C13H25N3O2S/c1-12(2,16(3)4)9-15-11(17)13(10(14)19)5-7-18-8-6-13/h5-9H2,1-4H3,(H2,14,19)(H,15,17). The Hall–Kier alpha value is -0.720. The van der Waals surface area contributed by atoms with Gasteiger partial charge in [-0.05, 0) is 40.8 Å². The molecule has 1 fully saturated rings. The SMILES string of the molecule is CN(C)C(C)(C)CNC(=O)C1(C(N)=S)CCOCC1. The highest BCUT2D eigenvalue weighted by Crippen LogP contribution is 2.31. The maximum Gasteiger partial charge on any atom is 0.233 e. The highest BCUT2D eigenvalue weighted by atomic mass is 32.1. The summed E-state index contributed by atoms with van der Waals surface area (Å²) >= 11 is 5.11. The Labute approximate surface area is 120 Å². The van der Waals surface area contributed by atoms with Gasteiger partial charge in [-0.1, -0.05) is 12.2 Å². The van der Waals surface area contributed by atoms with Crippen molar-refractivity contribution in [2.24, 2.45) is 11.1 Å². The largest absolute Gasteiger partial charge is 0.392 e. The second kappa shape index (κ2) is 6.15. The molecule has 0 aromatic heterocycles. The van der Waals surface area contributed by atoms with E-state index in [1.54, 1.807) is 0 Å². The number of hydrogen-bond donors (Lipinski definition) is 2. The molecule has 0 spiro atoms. The Bertz CT molecular complexity index is 350. The summed E-state index contributed by atoms with van der Waals surface area (Å²) in [5.41, 5.74) is 4.95. The van der Waals surface area contributed by atoms with Gasteiger partial charge in [0, 0.05) is 25.3 Å². The first-order valence-corrected chi connectivity index (χ1v) is 6.96. The predicted octanol–water partition coefficient (Wildman–Crippen LogP) is 0.526. The number of nitrogens with two attached hydrogens (primary N) is 1. The van der Waals surface area contributed by atoms with E-state index < -0.39 is 5.41 Å². The lowest BCUT2D eigenvalue weighted by molar-refractivity contribution is -0.131. The van der Waals surface area contributed by atoms with Crippen LogP contribution in [0.15, 0.2) is 0 Å². The third-order valence-corrected chi connectivity index (χ3v) is 4.54. The van der Waals surface area contributed by atoms with Crippen LogP contribution in [0.5, 0.6) is 0 Å². The molecule has 1 aliphatic rings. The third-order valence-electron chi connectivity index (χ3n) is 4.14. The lowest BCUT2D eigenvalue weighted by Crippen LogP contribution is -2.56. The summed E-state index contributed by atoms with van der Waals surface area (Å²) in [6.07, 6.45) is 1.13. The van der Waals surface area contributed by atoms with Crippen molar-refractivity contribution < 1.29 is 9.53 Å². The molecule has 1 saturated heterocycles. The van der Waals surface area contributed by atoms with Crippen LogP contribution in [0.1, 0.15) is 26.7 Å². The molecule has 1 aliphatic heterocycles. The van der Waals surface area contributed by atoms with E-state index >= 15 is 0 Å². The first-order chi connectivity index (χ1) is 8.72. The van der Waals surface area contributed by atoms with Crippen LogP contribution in [-0.4, -0.2) is 55.2 Å². The van der Waals surface area contributed by atoms with E-state index in [-0.39, 0.29) is 16.4 Å². The zero-order valence-corrected chi connectivity index (χ0v) is 13.1. The van der Waals surface area contributed by atoms with Crippen LogP contribution < -0.4 is 11.1 Å². The second-order valence-electron chi connectivity index (χ2n) is 5.95. The van der Waals surface area contributed by atoms with Gasteiger partial charge in [-0.2, -0.15) is 0 Å². The minimum atomic E-state index is -0.740. The summed E-state index contributed by atoms with van der Waals surface area (Å²) in [5.74, 6) is -0.0711. The lowest BCUT2D eigenvalue weighted by Gasteiger charge is -2.37. The van der Waals surface area contributed by atoms with E-state index in [2.05, 4.69) is 24.1 Å². The number of hydrogen-bond acceptors (Lipinski definition) is 4. The zero-order chi connectivity index (χ0) is 14.7. The van der Waals surface area contributed by atoms with Crippen molar-refractivity contribution in [2.45, 2.75) is 32.2 Å². The molecule has 0 radical (unpaired) electrons. The van der Waals surface area contributed by atoms with Crippen molar-refractivity contribution in [3.63, 3.8) is 0 Å². The lowest BCUT2D eigenvalue weighted by atomic mass is 9.79. The van der Waals surface area contributed by atoms with Crippen molar-refractivity contribution >= 4 is 23.1 Å². The Morgan fingerprint density at radius 2 is 1.95 bits per heavy atom. The van der Waals surface area contributed by atoms with E-state index in [1.807, 2.05) is 14.1 Å². The molecule has 6 heteroatoms. The van der Waals surface area contributed by atoms with Gasteiger partial charge in [0.2, 0.25) is 5.91 Å². The molecule has 0 atom stereocenters. The molecule has 0 unspecified atom stereocenters. The van der Waals surface area contributed by atoms with E-state index in [0.717, 1.165) is 0 Å². The minimum absolute atomic E-state index is 0.0711. The average molecular weight is 287 g/mol. The Kier molecular flexibility index (Phi) is 5.29. The monoisotopic (exact) mass is 287 g/mol. The molecule has 1 rings (SSSR count). The fourth-order valence-electron chi connectivity index (χ4n) is 1.93. The number of carbonyl (C=O) groups excluding carboxylic acids is 1. The smallest absolute Gasteiger partial charge is 0.233 e. The molecule has 0 saturated carbocycles. The summed E-state index contributed by atoms with van der Waals surface area (Å²) in [6.45, 7) is 5.77. The fourth-order valence-corrected chi connectivity index (χ4v) is 2.23. The molecule has 19 heavy (non-hydrogen) atoms. The van der Waals surface area contributed by atoms with Crippen molar-refractivity contribution in [1.29, 1.82) is 0 Å². The van der Waals surface area contributed by atoms with Crippen LogP contribution in [0.25, 0.3) is 0 Å². The summed E-state index contributed by atoms with van der Waals surface area (Å²) in [6, 6.07) is 0. The topological polar surface area (TPSA) is 67.6 Å². The summed E-state index contributed by atoms with van der Waals surface area (Å²) in [4.78, 5) is 14.8. The van der Waals surface area contributed by atoms with Gasteiger partial charge in [-0.3, -0.25) is 4.79 Å². The number of rotatable bonds is 5. The third kappa shape index (κ3) is 3.64. The summed E-state index contributed by atoms with van der Waals surface area (Å²) in [5, 5.41) is 2.99. The van der Waals surface area contributed by atoms with Gasteiger partial charge in [0.15, 0.2) is 0 Å². The maximum absolute atomic E-state index is 12.5.